The maximum atomic E-state index is 13.8. The van der Waals surface area contributed by atoms with Crippen molar-refractivity contribution >= 4 is 12.2 Å². The number of aldehydes is 1. The number of hydrogen-bond donors (Lipinski definition) is 3. The Kier molecular flexibility index (Phi) is 8.10. The third-order valence-electron chi connectivity index (χ3n) is 5.36. The molecule has 2 aromatic carbocycles. The Hall–Kier alpha value is -4.19. The van der Waals surface area contributed by atoms with Gasteiger partial charge in [0, 0.05) is 37.0 Å². The molecule has 0 atom stereocenters. The first-order valence-corrected chi connectivity index (χ1v) is 10.5. The van der Waals surface area contributed by atoms with Crippen LogP contribution in [0.2, 0.25) is 0 Å². The van der Waals surface area contributed by atoms with Crippen LogP contribution in [-0.4, -0.2) is 40.6 Å². The zero-order valence-corrected chi connectivity index (χ0v) is 19.2. The number of carbonyl (C=O) groups excluding carboxylic acids is 2. The monoisotopic (exact) mass is 506 g/mol. The van der Waals surface area contributed by atoms with Gasteiger partial charge in [-0.2, -0.15) is 0 Å². The topological polar surface area (TPSA) is 104 Å². The molecule has 3 aromatic rings. The molecule has 8 nitrogen and oxygen atoms in total. The van der Waals surface area contributed by atoms with E-state index in [2.05, 4.69) is 10.7 Å². The molecule has 3 N–H and O–H groups in total. The Morgan fingerprint density at radius 3 is 2.39 bits per heavy atom. The molecule has 12 heteroatoms. The molecule has 0 fully saturated rings. The van der Waals surface area contributed by atoms with Gasteiger partial charge >= 0.3 is 0 Å². The number of halogens is 4. The van der Waals surface area contributed by atoms with Gasteiger partial charge < -0.3 is 15.8 Å². The van der Waals surface area contributed by atoms with Crippen LogP contribution in [0, 0.1) is 30.2 Å². The van der Waals surface area contributed by atoms with Crippen molar-refractivity contribution in [2.75, 3.05) is 19.1 Å². The number of hydrogen-bond acceptors (Lipinski definition) is 6. The molecule has 0 aliphatic rings. The Morgan fingerprint density at radius 1 is 1.11 bits per heavy atom. The summed E-state index contributed by atoms with van der Waals surface area (Å²) >= 11 is 0. The number of nitrogens with one attached hydrogen (secondary N) is 2. The van der Waals surface area contributed by atoms with Crippen molar-refractivity contribution in [1.82, 2.24) is 14.9 Å². The van der Waals surface area contributed by atoms with E-state index >= 15 is 0 Å². The van der Waals surface area contributed by atoms with Crippen LogP contribution in [0.1, 0.15) is 37.5 Å². The first kappa shape index (κ1) is 26.4. The smallest absolute Gasteiger partial charge is 0.257 e. The second-order valence-electron chi connectivity index (χ2n) is 8.03. The van der Waals surface area contributed by atoms with Gasteiger partial charge in [0.15, 0.2) is 12.0 Å². The molecule has 0 aliphatic heterocycles. The largest absolute Gasteiger partial charge is 0.503 e. The van der Waals surface area contributed by atoms with Crippen LogP contribution >= 0.6 is 0 Å². The molecular formula is C24H22F4N4O4. The number of aryl methyl sites for hydroxylation is 1. The molecule has 0 radical (unpaired) electrons. The lowest BCUT2D eigenvalue weighted by Crippen LogP contribution is -2.35. The minimum absolute atomic E-state index is 0.0625. The molecule has 0 aliphatic carbocycles. The third kappa shape index (κ3) is 5.89. The first-order valence-electron chi connectivity index (χ1n) is 10.5. The second kappa shape index (κ2) is 11.0. The van der Waals surface area contributed by atoms with Crippen molar-refractivity contribution in [2.24, 2.45) is 0 Å². The molecule has 0 bridgehead atoms. The van der Waals surface area contributed by atoms with E-state index in [1.54, 1.807) is 24.9 Å². The molecule has 3 rings (SSSR count). The van der Waals surface area contributed by atoms with Gasteiger partial charge in [0.05, 0.1) is 6.67 Å². The van der Waals surface area contributed by atoms with Crippen molar-refractivity contribution in [3.05, 3.63) is 98.0 Å². The van der Waals surface area contributed by atoms with E-state index in [9.17, 15) is 37.1 Å². The van der Waals surface area contributed by atoms with Crippen LogP contribution < -0.4 is 16.2 Å². The van der Waals surface area contributed by atoms with Crippen LogP contribution in [0.4, 0.5) is 17.6 Å². The van der Waals surface area contributed by atoms with Crippen LogP contribution in [-0.2, 0) is 13.1 Å². The normalized spacial score (nSPS) is 11.0. The van der Waals surface area contributed by atoms with E-state index in [4.69, 9.17) is 0 Å². The number of carbonyl (C=O) groups is 2. The van der Waals surface area contributed by atoms with Gasteiger partial charge in [-0.1, -0.05) is 6.07 Å². The minimum atomic E-state index is -1.23. The van der Waals surface area contributed by atoms with Gasteiger partial charge in [-0.05, 0) is 37.2 Å². The fraction of sp³-hybridized carbons (Fsp3) is 0.208. The zero-order chi connectivity index (χ0) is 26.6. The summed E-state index contributed by atoms with van der Waals surface area (Å²) in [6.45, 7) is 1.48. The molecule has 1 amide bonds. The Morgan fingerprint density at radius 2 is 1.78 bits per heavy atom. The highest BCUT2D eigenvalue weighted by molar-refractivity contribution is 5.95. The van der Waals surface area contributed by atoms with Crippen molar-refractivity contribution < 1.29 is 32.3 Å². The van der Waals surface area contributed by atoms with Crippen molar-refractivity contribution in [3.8, 4) is 5.75 Å². The molecular weight excluding hydrogens is 484 g/mol. The Bertz CT molecular complexity index is 1350. The number of benzene rings is 2. The Balaban J connectivity index is 1.78. The molecule has 190 valence electrons. The highest BCUT2D eigenvalue weighted by Gasteiger charge is 2.21. The third-order valence-corrected chi connectivity index (χ3v) is 5.36. The molecule has 1 aromatic heterocycles. The van der Waals surface area contributed by atoms with E-state index in [0.29, 0.717) is 18.7 Å². The highest BCUT2D eigenvalue weighted by Crippen LogP contribution is 2.16. The summed E-state index contributed by atoms with van der Waals surface area (Å²) in [6, 6.07) is 5.21. The summed E-state index contributed by atoms with van der Waals surface area (Å²) in [4.78, 5) is 38.2. The number of amides is 1. The van der Waals surface area contributed by atoms with Gasteiger partial charge in [-0.3, -0.25) is 24.0 Å². The maximum absolute atomic E-state index is 13.8. The molecule has 0 unspecified atom stereocenters. The summed E-state index contributed by atoms with van der Waals surface area (Å²) in [5.74, 6) is -6.07. The molecule has 0 saturated heterocycles. The molecule has 1 heterocycles. The Labute approximate surface area is 202 Å². The SMILES string of the molecule is Cc1cc(F)ccc1CN(C)CNn1cc(C(=O)NCc2c(F)cc(F)cc2F)c(=O)c(O)c1C=O. The average Bonchev–Trinajstić information content (AvgIpc) is 2.80. The number of rotatable bonds is 9. The fourth-order valence-corrected chi connectivity index (χ4v) is 3.41. The standard InChI is InChI=1S/C24H22F4N4O4/c1-13-5-15(25)4-3-14(13)9-31(2)12-30-32-10-18(22(34)23(35)21(32)11-33)24(36)29-8-17-19(27)6-16(26)7-20(17)28/h3-7,10-11,30,35H,8-9,12H2,1-2H3,(H,29,36). The average molecular weight is 506 g/mol. The van der Waals surface area contributed by atoms with Gasteiger partial charge in [-0.25, -0.2) is 17.6 Å². The van der Waals surface area contributed by atoms with E-state index < -0.39 is 57.9 Å². The van der Waals surface area contributed by atoms with E-state index in [1.807, 2.05) is 0 Å². The summed E-state index contributed by atoms with van der Waals surface area (Å²) in [5.41, 5.74) is 1.45. The van der Waals surface area contributed by atoms with Gasteiger partial charge in [0.25, 0.3) is 5.91 Å². The van der Waals surface area contributed by atoms with Gasteiger partial charge in [0.2, 0.25) is 5.43 Å². The lowest BCUT2D eigenvalue weighted by Gasteiger charge is -2.22. The van der Waals surface area contributed by atoms with E-state index in [0.717, 1.165) is 22.0 Å². The molecule has 0 saturated carbocycles. The summed E-state index contributed by atoms with van der Waals surface area (Å²) in [5, 5.41) is 12.3. The number of pyridine rings is 1. The van der Waals surface area contributed by atoms with Crippen molar-refractivity contribution in [3.63, 3.8) is 0 Å². The molecule has 36 heavy (non-hydrogen) atoms. The van der Waals surface area contributed by atoms with Crippen LogP contribution in [0.15, 0.2) is 41.3 Å². The van der Waals surface area contributed by atoms with Crippen LogP contribution in [0.25, 0.3) is 0 Å². The quantitative estimate of drug-likeness (QED) is 0.234. The number of aromatic nitrogens is 1. The lowest BCUT2D eigenvalue weighted by molar-refractivity contribution is 0.0946. The molecule has 0 spiro atoms. The van der Waals surface area contributed by atoms with E-state index in [1.165, 1.54) is 12.1 Å². The number of aromatic hydroxyl groups is 1. The predicted octanol–water partition coefficient (Wildman–Crippen LogP) is 2.79. The van der Waals surface area contributed by atoms with Crippen molar-refractivity contribution in [1.29, 1.82) is 0 Å². The summed E-state index contributed by atoms with van der Waals surface area (Å²) in [7, 11) is 1.71. The zero-order valence-electron chi connectivity index (χ0n) is 19.2. The van der Waals surface area contributed by atoms with Crippen molar-refractivity contribution in [2.45, 2.75) is 20.0 Å². The number of nitrogens with zero attached hydrogens (tertiary/aromatic N) is 2. The fourth-order valence-electron chi connectivity index (χ4n) is 3.41. The van der Waals surface area contributed by atoms with Gasteiger partial charge in [0.1, 0.15) is 34.5 Å². The van der Waals surface area contributed by atoms with Crippen LogP contribution in [0.5, 0.6) is 5.75 Å². The summed E-state index contributed by atoms with van der Waals surface area (Å²) < 4.78 is 55.0. The first-order chi connectivity index (χ1) is 17.0. The van der Waals surface area contributed by atoms with Crippen LogP contribution in [0.3, 0.4) is 0 Å². The second-order valence-corrected chi connectivity index (χ2v) is 8.03. The van der Waals surface area contributed by atoms with E-state index in [-0.39, 0.29) is 18.8 Å². The van der Waals surface area contributed by atoms with Gasteiger partial charge in [-0.15, -0.1) is 0 Å². The highest BCUT2D eigenvalue weighted by atomic mass is 19.1. The lowest BCUT2D eigenvalue weighted by atomic mass is 10.1. The minimum Gasteiger partial charge on any atom is -0.503 e. The maximum Gasteiger partial charge on any atom is 0.257 e. The summed E-state index contributed by atoms with van der Waals surface area (Å²) in [6.07, 6.45) is 1.16. The predicted molar refractivity (Wildman–Crippen MR) is 122 cm³/mol.